The number of anilines is 3. The van der Waals surface area contributed by atoms with Crippen LogP contribution in [0.15, 0.2) is 24.7 Å². The number of rotatable bonds is 4. The van der Waals surface area contributed by atoms with E-state index in [4.69, 9.17) is 5.26 Å². The highest BCUT2D eigenvalue weighted by Gasteiger charge is 2.42. The van der Waals surface area contributed by atoms with Crippen molar-refractivity contribution in [2.75, 3.05) is 29.9 Å². The number of fused-ring (bicyclic) bond motifs is 2. The molecular formula is C17H21N9O. The molecular weight excluding hydrogens is 346 g/mol. The third-order valence-corrected chi connectivity index (χ3v) is 4.96. The number of aryl methyl sites for hydroxylation is 1. The Labute approximate surface area is 156 Å². The number of nitrogens with one attached hydrogen (secondary N) is 2. The van der Waals surface area contributed by atoms with E-state index in [1.54, 1.807) is 17.1 Å². The van der Waals surface area contributed by atoms with Gasteiger partial charge < -0.3 is 20.4 Å². The zero-order chi connectivity index (χ0) is 18.8. The predicted octanol–water partition coefficient (Wildman–Crippen LogP) is 0.840. The van der Waals surface area contributed by atoms with Crippen molar-refractivity contribution in [1.82, 2.24) is 30.0 Å². The molecule has 140 valence electrons. The summed E-state index contributed by atoms with van der Waals surface area (Å²) in [4.78, 5) is 25.3. The van der Waals surface area contributed by atoms with Gasteiger partial charge in [0.1, 0.15) is 12.4 Å². The fourth-order valence-electron chi connectivity index (χ4n) is 3.83. The number of carbonyl (C=O) groups excluding carboxylic acids is 1. The van der Waals surface area contributed by atoms with Gasteiger partial charge in [-0.1, -0.05) is 0 Å². The second kappa shape index (κ2) is 7.11. The van der Waals surface area contributed by atoms with Gasteiger partial charge in [0.15, 0.2) is 0 Å². The lowest BCUT2D eigenvalue weighted by Gasteiger charge is -2.41. The van der Waals surface area contributed by atoms with Crippen LogP contribution in [-0.4, -0.2) is 62.4 Å². The lowest BCUT2D eigenvalue weighted by molar-refractivity contribution is 0.163. The molecule has 2 saturated heterocycles. The molecule has 0 aliphatic carbocycles. The molecule has 2 aromatic rings. The van der Waals surface area contributed by atoms with Gasteiger partial charge in [-0.2, -0.15) is 15.3 Å². The summed E-state index contributed by atoms with van der Waals surface area (Å²) in [5.74, 6) is 1.35. The van der Waals surface area contributed by atoms with Gasteiger partial charge >= 0.3 is 6.03 Å². The van der Waals surface area contributed by atoms with Crippen molar-refractivity contribution >= 4 is 23.5 Å². The van der Waals surface area contributed by atoms with Crippen molar-refractivity contribution in [2.45, 2.75) is 24.9 Å². The molecule has 2 aliphatic rings. The summed E-state index contributed by atoms with van der Waals surface area (Å²) in [6.07, 6.45) is 7.23. The molecule has 0 saturated carbocycles. The second-order valence-corrected chi connectivity index (χ2v) is 6.78. The maximum atomic E-state index is 12.3. The van der Waals surface area contributed by atoms with E-state index in [2.05, 4.69) is 30.6 Å². The summed E-state index contributed by atoms with van der Waals surface area (Å²) >= 11 is 0. The Morgan fingerprint density at radius 3 is 2.81 bits per heavy atom. The van der Waals surface area contributed by atoms with E-state index in [9.17, 15) is 4.79 Å². The molecule has 2 bridgehead atoms. The first-order valence-corrected chi connectivity index (χ1v) is 8.91. The van der Waals surface area contributed by atoms with Gasteiger partial charge in [-0.05, 0) is 18.9 Å². The molecule has 4 heterocycles. The van der Waals surface area contributed by atoms with Crippen LogP contribution >= 0.6 is 0 Å². The zero-order valence-electron chi connectivity index (χ0n) is 15.0. The van der Waals surface area contributed by atoms with Gasteiger partial charge in [0.2, 0.25) is 5.95 Å². The zero-order valence-corrected chi connectivity index (χ0v) is 15.0. The minimum Gasteiger partial charge on any atom is -0.352 e. The van der Waals surface area contributed by atoms with Crippen molar-refractivity contribution in [3.05, 3.63) is 24.7 Å². The largest absolute Gasteiger partial charge is 0.352 e. The summed E-state index contributed by atoms with van der Waals surface area (Å²) in [7, 11) is 1.85. The number of carbonyl (C=O) groups is 1. The number of hydrogen-bond donors (Lipinski definition) is 2. The van der Waals surface area contributed by atoms with E-state index in [1.165, 1.54) is 0 Å². The van der Waals surface area contributed by atoms with Gasteiger partial charge in [-0.15, -0.1) is 0 Å². The van der Waals surface area contributed by atoms with Crippen molar-refractivity contribution in [3.8, 4) is 6.07 Å². The van der Waals surface area contributed by atoms with E-state index in [-0.39, 0.29) is 24.7 Å². The van der Waals surface area contributed by atoms with E-state index >= 15 is 0 Å². The first-order valence-electron chi connectivity index (χ1n) is 8.91. The van der Waals surface area contributed by atoms with Gasteiger partial charge in [0.25, 0.3) is 0 Å². The number of aromatic nitrogens is 4. The van der Waals surface area contributed by atoms with Gasteiger partial charge in [-0.3, -0.25) is 4.68 Å². The third kappa shape index (κ3) is 3.48. The van der Waals surface area contributed by atoms with Crippen molar-refractivity contribution in [1.29, 1.82) is 5.26 Å². The maximum Gasteiger partial charge on any atom is 0.318 e. The highest BCUT2D eigenvalue weighted by atomic mass is 16.2. The summed E-state index contributed by atoms with van der Waals surface area (Å²) in [6, 6.07) is 3.95. The molecule has 27 heavy (non-hydrogen) atoms. The normalized spacial score (nSPS) is 21.0. The average Bonchev–Trinajstić information content (AvgIpc) is 3.19. The number of urea groups is 1. The standard InChI is InChI=1S/C17H21N9O/c1-24-9-12(8-21-24)22-16-19-6-4-15(23-16)25-10-13-2-3-14(11-25)26(13)17(27)20-7-5-18/h4,6,8-9,13-14H,2-3,7,10-11H2,1H3,(H,20,27)(H,19,22,23)/t13-,14?/m1/s1. The van der Waals surface area contributed by atoms with Crippen LogP contribution in [0.2, 0.25) is 0 Å². The predicted molar refractivity (Wildman–Crippen MR) is 98.4 cm³/mol. The molecule has 2 fully saturated rings. The molecule has 2 aliphatic heterocycles. The molecule has 2 N–H and O–H groups in total. The van der Waals surface area contributed by atoms with Crippen LogP contribution in [0.5, 0.6) is 0 Å². The van der Waals surface area contributed by atoms with Gasteiger partial charge in [0, 0.05) is 32.5 Å². The summed E-state index contributed by atoms with van der Waals surface area (Å²) in [6.45, 7) is 1.48. The van der Waals surface area contributed by atoms with Crippen LogP contribution in [-0.2, 0) is 7.05 Å². The molecule has 10 nitrogen and oxygen atoms in total. The SMILES string of the molecule is Cn1cc(Nc2nccc(N3CC4CC[C@H](C3)N4C(=O)NCC#N)n2)cn1. The molecule has 1 unspecified atom stereocenters. The van der Waals surface area contributed by atoms with E-state index in [1.807, 2.05) is 30.3 Å². The van der Waals surface area contributed by atoms with Crippen LogP contribution in [0.3, 0.4) is 0 Å². The Morgan fingerprint density at radius 1 is 1.37 bits per heavy atom. The lowest BCUT2D eigenvalue weighted by atomic mass is 10.2. The molecule has 2 aromatic heterocycles. The molecule has 2 atom stereocenters. The highest BCUT2D eigenvalue weighted by Crippen LogP contribution is 2.32. The Kier molecular flexibility index (Phi) is 4.50. The van der Waals surface area contributed by atoms with Crippen molar-refractivity contribution in [3.63, 3.8) is 0 Å². The van der Waals surface area contributed by atoms with Crippen LogP contribution in [0.25, 0.3) is 0 Å². The Bertz CT molecular complexity index is 859. The smallest absolute Gasteiger partial charge is 0.318 e. The first-order chi connectivity index (χ1) is 13.1. The maximum absolute atomic E-state index is 12.3. The summed E-state index contributed by atoms with van der Waals surface area (Å²) < 4.78 is 1.71. The van der Waals surface area contributed by atoms with E-state index in [0.29, 0.717) is 5.95 Å². The molecule has 4 rings (SSSR count). The Balaban J connectivity index is 1.46. The minimum atomic E-state index is -0.148. The highest BCUT2D eigenvalue weighted by molar-refractivity contribution is 5.76. The number of amides is 2. The fraction of sp³-hybridized carbons (Fsp3) is 0.471. The average molecular weight is 367 g/mol. The number of piperazine rings is 1. The molecule has 2 amide bonds. The fourth-order valence-corrected chi connectivity index (χ4v) is 3.83. The quantitative estimate of drug-likeness (QED) is 0.770. The molecule has 0 spiro atoms. The third-order valence-electron chi connectivity index (χ3n) is 4.96. The van der Waals surface area contributed by atoms with Gasteiger partial charge in [-0.25, -0.2) is 9.78 Å². The van der Waals surface area contributed by atoms with Gasteiger partial charge in [0.05, 0.1) is 30.0 Å². The molecule has 0 radical (unpaired) electrons. The Morgan fingerprint density at radius 2 is 2.15 bits per heavy atom. The molecule has 10 heteroatoms. The van der Waals surface area contributed by atoms with E-state index in [0.717, 1.165) is 37.4 Å². The molecule has 0 aromatic carbocycles. The minimum absolute atomic E-state index is 0.0355. The summed E-state index contributed by atoms with van der Waals surface area (Å²) in [5, 5.41) is 18.6. The van der Waals surface area contributed by atoms with Crippen molar-refractivity contribution < 1.29 is 4.79 Å². The van der Waals surface area contributed by atoms with Crippen LogP contribution in [0.1, 0.15) is 12.8 Å². The number of hydrogen-bond acceptors (Lipinski definition) is 7. The first kappa shape index (κ1) is 17.1. The second-order valence-electron chi connectivity index (χ2n) is 6.78. The Hall–Kier alpha value is -3.35. The number of nitrogens with zero attached hydrogens (tertiary/aromatic N) is 7. The number of nitriles is 1. The summed E-state index contributed by atoms with van der Waals surface area (Å²) in [5.41, 5.74) is 0.828. The lowest BCUT2D eigenvalue weighted by Crippen LogP contribution is -2.58. The van der Waals surface area contributed by atoms with Crippen LogP contribution < -0.4 is 15.5 Å². The van der Waals surface area contributed by atoms with Crippen LogP contribution in [0, 0.1) is 11.3 Å². The monoisotopic (exact) mass is 367 g/mol. The van der Waals surface area contributed by atoms with Crippen LogP contribution in [0.4, 0.5) is 22.2 Å². The topological polar surface area (TPSA) is 115 Å². The van der Waals surface area contributed by atoms with E-state index < -0.39 is 0 Å². The van der Waals surface area contributed by atoms with Crippen molar-refractivity contribution in [2.24, 2.45) is 7.05 Å².